The van der Waals surface area contributed by atoms with Crippen LogP contribution in [0.2, 0.25) is 5.02 Å². The van der Waals surface area contributed by atoms with Crippen LogP contribution in [0.5, 0.6) is 5.75 Å². The van der Waals surface area contributed by atoms with Crippen LogP contribution in [0, 0.1) is 6.92 Å². The molecule has 1 unspecified atom stereocenters. The van der Waals surface area contributed by atoms with Gasteiger partial charge in [0.15, 0.2) is 0 Å². The molecule has 0 radical (unpaired) electrons. The lowest BCUT2D eigenvalue weighted by atomic mass is 10.1. The van der Waals surface area contributed by atoms with E-state index in [2.05, 4.69) is 5.32 Å². The van der Waals surface area contributed by atoms with Gasteiger partial charge >= 0.3 is 0 Å². The highest BCUT2D eigenvalue weighted by molar-refractivity contribution is 7.92. The predicted molar refractivity (Wildman–Crippen MR) is 135 cm³/mol. The van der Waals surface area contributed by atoms with Gasteiger partial charge in [0, 0.05) is 17.6 Å². The molecule has 2 amide bonds. The number of carbonyl (C=O) groups excluding carboxylic acids is 2. The van der Waals surface area contributed by atoms with Crippen molar-refractivity contribution in [3.8, 4) is 5.75 Å². The van der Waals surface area contributed by atoms with Crippen molar-refractivity contribution in [3.63, 3.8) is 0 Å². The Hall–Kier alpha value is -2.78. The van der Waals surface area contributed by atoms with Crippen molar-refractivity contribution in [1.29, 1.82) is 0 Å². The highest BCUT2D eigenvalue weighted by Crippen LogP contribution is 2.28. The molecule has 186 valence electrons. The van der Waals surface area contributed by atoms with Crippen molar-refractivity contribution in [2.24, 2.45) is 0 Å². The number of methoxy groups -OCH3 is 1. The summed E-state index contributed by atoms with van der Waals surface area (Å²) in [6.45, 7) is 6.60. The summed E-state index contributed by atoms with van der Waals surface area (Å²) in [6.07, 6.45) is 1.03. The Labute approximate surface area is 206 Å². The summed E-state index contributed by atoms with van der Waals surface area (Å²) in [5.41, 5.74) is 1.62. The molecule has 0 bridgehead atoms. The standard InChI is InChI=1S/C24H32ClN3O5S/c1-16(2)26-24(30)18(4)27(14-19-10-12-20(33-5)13-11-19)23(29)15-28(34(6,31)32)22-9-7-8-21(25)17(22)3/h7-13,16,18H,14-15H2,1-6H3,(H,26,30). The van der Waals surface area contributed by atoms with Gasteiger partial charge in [-0.1, -0.05) is 29.8 Å². The van der Waals surface area contributed by atoms with Gasteiger partial charge in [0.1, 0.15) is 18.3 Å². The minimum Gasteiger partial charge on any atom is -0.497 e. The smallest absolute Gasteiger partial charge is 0.244 e. The second-order valence-corrected chi connectivity index (χ2v) is 10.7. The minimum absolute atomic E-state index is 0.113. The van der Waals surface area contributed by atoms with Crippen molar-refractivity contribution in [3.05, 3.63) is 58.6 Å². The molecule has 0 fully saturated rings. The quantitative estimate of drug-likeness (QED) is 0.529. The number of nitrogens with one attached hydrogen (secondary N) is 1. The van der Waals surface area contributed by atoms with Gasteiger partial charge in [-0.15, -0.1) is 0 Å². The highest BCUT2D eigenvalue weighted by Gasteiger charge is 2.31. The van der Waals surface area contributed by atoms with Gasteiger partial charge in [-0.3, -0.25) is 13.9 Å². The summed E-state index contributed by atoms with van der Waals surface area (Å²) < 4.78 is 31.5. The summed E-state index contributed by atoms with van der Waals surface area (Å²) in [5, 5.41) is 3.20. The van der Waals surface area contributed by atoms with Gasteiger partial charge < -0.3 is 15.0 Å². The molecular formula is C24H32ClN3O5S. The Balaban J connectivity index is 2.42. The zero-order valence-corrected chi connectivity index (χ0v) is 21.9. The van der Waals surface area contributed by atoms with Crippen LogP contribution in [-0.4, -0.2) is 57.1 Å². The highest BCUT2D eigenvalue weighted by atomic mass is 35.5. The molecule has 1 N–H and O–H groups in total. The molecule has 34 heavy (non-hydrogen) atoms. The first-order valence-corrected chi connectivity index (χ1v) is 13.0. The number of sulfonamides is 1. The Morgan fingerprint density at radius 2 is 1.71 bits per heavy atom. The van der Waals surface area contributed by atoms with E-state index >= 15 is 0 Å². The molecule has 10 heteroatoms. The number of nitrogens with zero attached hydrogens (tertiary/aromatic N) is 2. The molecule has 0 heterocycles. The zero-order chi connectivity index (χ0) is 25.6. The van der Waals surface area contributed by atoms with Crippen LogP contribution in [0.1, 0.15) is 31.9 Å². The van der Waals surface area contributed by atoms with Crippen molar-refractivity contribution in [2.45, 2.75) is 46.3 Å². The number of hydrogen-bond donors (Lipinski definition) is 1. The molecule has 2 aromatic rings. The Kier molecular flexibility index (Phi) is 9.35. The third-order valence-electron chi connectivity index (χ3n) is 5.30. The first kappa shape index (κ1) is 27.5. The van der Waals surface area contributed by atoms with Crippen LogP contribution in [0.15, 0.2) is 42.5 Å². The van der Waals surface area contributed by atoms with E-state index in [9.17, 15) is 18.0 Å². The lowest BCUT2D eigenvalue weighted by molar-refractivity contribution is -0.139. The molecule has 0 aliphatic heterocycles. The zero-order valence-electron chi connectivity index (χ0n) is 20.3. The van der Waals surface area contributed by atoms with E-state index in [4.69, 9.17) is 16.3 Å². The number of ether oxygens (including phenoxy) is 1. The largest absolute Gasteiger partial charge is 0.497 e. The van der Waals surface area contributed by atoms with Crippen LogP contribution < -0.4 is 14.4 Å². The first-order valence-electron chi connectivity index (χ1n) is 10.8. The maximum absolute atomic E-state index is 13.5. The maximum atomic E-state index is 13.5. The molecule has 2 rings (SSSR count). The van der Waals surface area contributed by atoms with Crippen molar-refractivity contribution in [1.82, 2.24) is 10.2 Å². The Morgan fingerprint density at radius 1 is 1.09 bits per heavy atom. The van der Waals surface area contributed by atoms with E-state index in [1.165, 1.54) is 4.90 Å². The monoisotopic (exact) mass is 509 g/mol. The normalized spacial score (nSPS) is 12.2. The molecule has 0 saturated carbocycles. The fourth-order valence-corrected chi connectivity index (χ4v) is 4.45. The van der Waals surface area contributed by atoms with E-state index in [0.717, 1.165) is 16.1 Å². The lowest BCUT2D eigenvalue weighted by Gasteiger charge is -2.32. The Morgan fingerprint density at radius 3 is 2.24 bits per heavy atom. The lowest BCUT2D eigenvalue weighted by Crippen LogP contribution is -2.52. The van der Waals surface area contributed by atoms with E-state index < -0.39 is 28.5 Å². The van der Waals surface area contributed by atoms with E-state index in [1.807, 2.05) is 13.8 Å². The summed E-state index contributed by atoms with van der Waals surface area (Å²) in [7, 11) is -2.27. The van der Waals surface area contributed by atoms with E-state index in [1.54, 1.807) is 63.4 Å². The number of anilines is 1. The van der Waals surface area contributed by atoms with Gasteiger partial charge in [-0.2, -0.15) is 0 Å². The average Bonchev–Trinajstić information content (AvgIpc) is 2.76. The summed E-state index contributed by atoms with van der Waals surface area (Å²) in [4.78, 5) is 27.7. The molecule has 0 aliphatic rings. The van der Waals surface area contributed by atoms with Gasteiger partial charge in [-0.05, 0) is 63.1 Å². The summed E-state index contributed by atoms with van der Waals surface area (Å²) in [5.74, 6) is -0.194. The van der Waals surface area contributed by atoms with Gasteiger partial charge in [0.2, 0.25) is 21.8 Å². The molecule has 2 aromatic carbocycles. The second kappa shape index (κ2) is 11.6. The van der Waals surface area contributed by atoms with Crippen LogP contribution >= 0.6 is 11.6 Å². The molecule has 0 aliphatic carbocycles. The minimum atomic E-state index is -3.82. The third kappa shape index (κ3) is 7.11. The number of benzene rings is 2. The maximum Gasteiger partial charge on any atom is 0.244 e. The van der Waals surface area contributed by atoms with Gasteiger partial charge in [-0.25, -0.2) is 8.42 Å². The third-order valence-corrected chi connectivity index (χ3v) is 6.83. The molecule has 0 spiro atoms. The van der Waals surface area contributed by atoms with Gasteiger partial charge in [0.25, 0.3) is 0 Å². The average molecular weight is 510 g/mol. The van der Waals surface area contributed by atoms with E-state index in [-0.39, 0.29) is 18.5 Å². The van der Waals surface area contributed by atoms with Crippen LogP contribution in [0.4, 0.5) is 5.69 Å². The molecular weight excluding hydrogens is 478 g/mol. The fraction of sp³-hybridized carbons (Fsp3) is 0.417. The molecule has 0 aromatic heterocycles. The van der Waals surface area contributed by atoms with E-state index in [0.29, 0.717) is 22.0 Å². The number of amides is 2. The number of halogens is 1. The SMILES string of the molecule is COc1ccc(CN(C(=O)CN(c2cccc(Cl)c2C)S(C)(=O)=O)C(C)C(=O)NC(C)C)cc1. The van der Waals surface area contributed by atoms with Crippen molar-refractivity contribution >= 4 is 39.1 Å². The van der Waals surface area contributed by atoms with Crippen LogP contribution in [0.3, 0.4) is 0 Å². The van der Waals surface area contributed by atoms with Crippen molar-refractivity contribution < 1.29 is 22.7 Å². The topological polar surface area (TPSA) is 96.0 Å². The van der Waals surface area contributed by atoms with Crippen LogP contribution in [-0.2, 0) is 26.2 Å². The number of hydrogen-bond acceptors (Lipinski definition) is 5. The predicted octanol–water partition coefficient (Wildman–Crippen LogP) is 3.36. The first-order chi connectivity index (χ1) is 15.8. The molecule has 1 atom stereocenters. The summed E-state index contributed by atoms with van der Waals surface area (Å²) in [6, 6.07) is 11.0. The molecule has 0 saturated heterocycles. The summed E-state index contributed by atoms with van der Waals surface area (Å²) >= 11 is 6.20. The van der Waals surface area contributed by atoms with Crippen LogP contribution in [0.25, 0.3) is 0 Å². The Bertz CT molecular complexity index is 1120. The van der Waals surface area contributed by atoms with Gasteiger partial charge in [0.05, 0.1) is 19.1 Å². The van der Waals surface area contributed by atoms with Crippen molar-refractivity contribution in [2.75, 3.05) is 24.2 Å². The fourth-order valence-electron chi connectivity index (χ4n) is 3.38. The number of carbonyl (C=O) groups is 2. The second-order valence-electron chi connectivity index (χ2n) is 8.36. The molecule has 8 nitrogen and oxygen atoms in total. The number of rotatable bonds is 10.